The Hall–Kier alpha value is -3.82. The van der Waals surface area contributed by atoms with E-state index in [4.69, 9.17) is 0 Å². The third-order valence-corrected chi connectivity index (χ3v) is 3.12. The van der Waals surface area contributed by atoms with Gasteiger partial charge in [-0.05, 0) is 18.2 Å². The van der Waals surface area contributed by atoms with Crippen LogP contribution in [0.3, 0.4) is 0 Å². The van der Waals surface area contributed by atoms with Gasteiger partial charge in [0.25, 0.3) is 5.91 Å². The highest BCUT2D eigenvalue weighted by atomic mass is 16.6. The molecule has 25 heavy (non-hydrogen) atoms. The van der Waals surface area contributed by atoms with Crippen LogP contribution in [0, 0.1) is 20.2 Å². The van der Waals surface area contributed by atoms with Crippen molar-refractivity contribution in [3.05, 3.63) is 74.3 Å². The summed E-state index contributed by atoms with van der Waals surface area (Å²) in [6, 6.07) is 11.8. The lowest BCUT2D eigenvalue weighted by Gasteiger charge is -2.07. The maximum atomic E-state index is 12.1. The van der Waals surface area contributed by atoms with Crippen molar-refractivity contribution in [2.45, 2.75) is 0 Å². The molecular formula is C15H12N4O6. The molecule has 0 spiro atoms. The number of carbonyl (C=O) groups is 2. The minimum Gasteiger partial charge on any atom is -0.376 e. The number of nitro groups is 2. The first kappa shape index (κ1) is 17.5. The SMILES string of the molecule is O=C(CNc1ccccc1)NC(=O)c1cccc([N+](=O)[O-])c1[N+](=O)[O-]. The Morgan fingerprint density at radius 2 is 1.60 bits per heavy atom. The Morgan fingerprint density at radius 3 is 2.20 bits per heavy atom. The Bertz CT molecular complexity index is 837. The lowest BCUT2D eigenvalue weighted by molar-refractivity contribution is -0.422. The molecule has 0 atom stereocenters. The third kappa shape index (κ3) is 4.34. The molecule has 2 aromatic rings. The van der Waals surface area contributed by atoms with Crippen LogP contribution >= 0.6 is 0 Å². The van der Waals surface area contributed by atoms with Crippen molar-refractivity contribution in [2.24, 2.45) is 0 Å². The Labute approximate surface area is 140 Å². The predicted octanol–water partition coefficient (Wildman–Crippen LogP) is 1.87. The fourth-order valence-corrected chi connectivity index (χ4v) is 2.03. The van der Waals surface area contributed by atoms with Crippen molar-refractivity contribution in [3.63, 3.8) is 0 Å². The van der Waals surface area contributed by atoms with Crippen molar-refractivity contribution in [1.29, 1.82) is 0 Å². The number of nitrogens with one attached hydrogen (secondary N) is 2. The standard InChI is InChI=1S/C15H12N4O6/c20-13(9-16-10-5-2-1-3-6-10)17-15(21)11-7-4-8-12(18(22)23)14(11)19(24)25/h1-8,16H,9H2,(H,17,20,21). The maximum Gasteiger partial charge on any atom is 0.358 e. The van der Waals surface area contributed by atoms with Gasteiger partial charge in [0.15, 0.2) is 0 Å². The van der Waals surface area contributed by atoms with Gasteiger partial charge in [0.2, 0.25) is 5.91 Å². The molecule has 0 fully saturated rings. The van der Waals surface area contributed by atoms with Crippen molar-refractivity contribution in [1.82, 2.24) is 5.32 Å². The van der Waals surface area contributed by atoms with Crippen LogP contribution in [-0.4, -0.2) is 28.2 Å². The second-order valence-electron chi connectivity index (χ2n) is 4.78. The van der Waals surface area contributed by atoms with E-state index in [1.807, 2.05) is 5.32 Å². The van der Waals surface area contributed by atoms with Crippen LogP contribution < -0.4 is 10.6 Å². The van der Waals surface area contributed by atoms with Gasteiger partial charge in [0.1, 0.15) is 5.56 Å². The van der Waals surface area contributed by atoms with Gasteiger partial charge in [0, 0.05) is 11.8 Å². The van der Waals surface area contributed by atoms with Crippen molar-refractivity contribution < 1.29 is 19.4 Å². The van der Waals surface area contributed by atoms with Crippen LogP contribution in [0.5, 0.6) is 0 Å². The number of imide groups is 1. The molecule has 0 saturated heterocycles. The van der Waals surface area contributed by atoms with Gasteiger partial charge in [-0.3, -0.25) is 35.1 Å². The number of amides is 2. The number of rotatable bonds is 6. The first-order valence-corrected chi connectivity index (χ1v) is 6.95. The molecule has 2 N–H and O–H groups in total. The van der Waals surface area contributed by atoms with Gasteiger partial charge >= 0.3 is 11.4 Å². The molecule has 0 saturated carbocycles. The molecular weight excluding hydrogens is 332 g/mol. The molecule has 0 bridgehead atoms. The van der Waals surface area contributed by atoms with Crippen molar-refractivity contribution >= 4 is 28.9 Å². The summed E-state index contributed by atoms with van der Waals surface area (Å²) < 4.78 is 0. The van der Waals surface area contributed by atoms with Gasteiger partial charge in [-0.15, -0.1) is 0 Å². The molecule has 2 aromatic carbocycles. The topological polar surface area (TPSA) is 144 Å². The molecule has 2 rings (SSSR count). The normalized spacial score (nSPS) is 9.92. The number of hydrogen-bond acceptors (Lipinski definition) is 7. The molecule has 10 heteroatoms. The summed E-state index contributed by atoms with van der Waals surface area (Å²) in [5.41, 5.74) is -1.71. The third-order valence-electron chi connectivity index (χ3n) is 3.12. The number of nitrogens with zero attached hydrogens (tertiary/aromatic N) is 2. The average Bonchev–Trinajstić information content (AvgIpc) is 2.60. The van der Waals surface area contributed by atoms with Crippen molar-refractivity contribution in [2.75, 3.05) is 11.9 Å². The maximum absolute atomic E-state index is 12.1. The molecule has 10 nitrogen and oxygen atoms in total. The second-order valence-corrected chi connectivity index (χ2v) is 4.78. The Kier molecular flexibility index (Phi) is 5.36. The minimum atomic E-state index is -1.09. The molecule has 128 valence electrons. The summed E-state index contributed by atoms with van der Waals surface area (Å²) in [6.07, 6.45) is 0. The highest BCUT2D eigenvalue weighted by Crippen LogP contribution is 2.30. The van der Waals surface area contributed by atoms with Crippen LogP contribution in [0.1, 0.15) is 10.4 Å². The molecule has 0 unspecified atom stereocenters. The zero-order valence-corrected chi connectivity index (χ0v) is 12.7. The number of para-hydroxylation sites is 2. The smallest absolute Gasteiger partial charge is 0.358 e. The Balaban J connectivity index is 2.12. The second kappa shape index (κ2) is 7.64. The van der Waals surface area contributed by atoms with Crippen LogP contribution in [0.15, 0.2) is 48.5 Å². The zero-order chi connectivity index (χ0) is 18.4. The molecule has 0 aliphatic rings. The first-order valence-electron chi connectivity index (χ1n) is 6.95. The number of hydrogen-bond donors (Lipinski definition) is 2. The van der Waals surface area contributed by atoms with E-state index in [9.17, 15) is 29.8 Å². The number of nitro benzene ring substituents is 2. The lowest BCUT2D eigenvalue weighted by Crippen LogP contribution is -2.35. The monoisotopic (exact) mass is 344 g/mol. The van der Waals surface area contributed by atoms with E-state index in [1.165, 1.54) is 0 Å². The lowest BCUT2D eigenvalue weighted by atomic mass is 10.1. The summed E-state index contributed by atoms with van der Waals surface area (Å²) in [5.74, 6) is -1.83. The number of benzene rings is 2. The average molecular weight is 344 g/mol. The summed E-state index contributed by atoms with van der Waals surface area (Å²) in [5, 5.41) is 26.7. The summed E-state index contributed by atoms with van der Waals surface area (Å²) >= 11 is 0. The van der Waals surface area contributed by atoms with Gasteiger partial charge in [-0.1, -0.05) is 24.3 Å². The number of anilines is 1. The molecule has 0 aromatic heterocycles. The minimum absolute atomic E-state index is 0.252. The quantitative estimate of drug-likeness (QED) is 0.601. The number of carbonyl (C=O) groups excluding carboxylic acids is 2. The van der Waals surface area contributed by atoms with Gasteiger partial charge in [0.05, 0.1) is 16.4 Å². The van der Waals surface area contributed by atoms with Crippen LogP contribution in [0.4, 0.5) is 17.1 Å². The summed E-state index contributed by atoms with van der Waals surface area (Å²) in [4.78, 5) is 43.8. The van der Waals surface area contributed by atoms with Crippen molar-refractivity contribution in [3.8, 4) is 0 Å². The highest BCUT2D eigenvalue weighted by molar-refractivity contribution is 6.08. The fraction of sp³-hybridized carbons (Fsp3) is 0.0667. The molecule has 2 amide bonds. The van der Waals surface area contributed by atoms with E-state index in [-0.39, 0.29) is 6.54 Å². The van der Waals surface area contributed by atoms with E-state index < -0.39 is 38.6 Å². The molecule has 0 aliphatic heterocycles. The van der Waals surface area contributed by atoms with E-state index in [1.54, 1.807) is 30.3 Å². The van der Waals surface area contributed by atoms with Crippen LogP contribution in [-0.2, 0) is 4.79 Å². The molecule has 0 heterocycles. The van der Waals surface area contributed by atoms with Crippen LogP contribution in [0.2, 0.25) is 0 Å². The zero-order valence-electron chi connectivity index (χ0n) is 12.7. The highest BCUT2D eigenvalue weighted by Gasteiger charge is 2.31. The first-order chi connectivity index (χ1) is 11.9. The predicted molar refractivity (Wildman–Crippen MR) is 87.2 cm³/mol. The van der Waals surface area contributed by atoms with Crippen LogP contribution in [0.25, 0.3) is 0 Å². The van der Waals surface area contributed by atoms with E-state index in [0.717, 1.165) is 18.2 Å². The summed E-state index contributed by atoms with van der Waals surface area (Å²) in [7, 11) is 0. The molecule has 0 radical (unpaired) electrons. The molecule has 0 aliphatic carbocycles. The largest absolute Gasteiger partial charge is 0.376 e. The van der Waals surface area contributed by atoms with Gasteiger partial charge in [-0.2, -0.15) is 0 Å². The van der Waals surface area contributed by atoms with E-state index >= 15 is 0 Å². The van der Waals surface area contributed by atoms with E-state index in [0.29, 0.717) is 5.69 Å². The van der Waals surface area contributed by atoms with E-state index in [2.05, 4.69) is 5.32 Å². The van der Waals surface area contributed by atoms with Gasteiger partial charge in [-0.25, -0.2) is 0 Å². The van der Waals surface area contributed by atoms with Gasteiger partial charge < -0.3 is 5.32 Å². The summed E-state index contributed by atoms with van der Waals surface area (Å²) in [6.45, 7) is -0.252. The Morgan fingerprint density at radius 1 is 0.920 bits per heavy atom. The fourth-order valence-electron chi connectivity index (χ4n) is 2.03.